The molecule has 2 aromatic carbocycles. The number of phenols is 1. The summed E-state index contributed by atoms with van der Waals surface area (Å²) in [6.07, 6.45) is 0. The van der Waals surface area contributed by atoms with Crippen molar-refractivity contribution >= 4 is 18.5 Å². The molecule has 0 spiro atoms. The molecule has 0 aromatic heterocycles. The first-order chi connectivity index (χ1) is 10.9. The van der Waals surface area contributed by atoms with Crippen LogP contribution in [-0.4, -0.2) is 47.2 Å². The van der Waals surface area contributed by atoms with E-state index in [1.807, 2.05) is 0 Å². The molecule has 0 aliphatic rings. The number of phenolic OH excluding ortho intramolecular Hbond substituents is 1. The van der Waals surface area contributed by atoms with Crippen molar-refractivity contribution in [3.05, 3.63) is 53.6 Å². The Morgan fingerprint density at radius 3 is 2.61 bits per heavy atom. The van der Waals surface area contributed by atoms with Gasteiger partial charge in [0, 0.05) is 19.2 Å². The average Bonchev–Trinajstić information content (AvgIpc) is 2.55. The smallest absolute Gasteiger partial charge is 0.488 e. The fourth-order valence-corrected chi connectivity index (χ4v) is 2.22. The van der Waals surface area contributed by atoms with Gasteiger partial charge < -0.3 is 24.8 Å². The molecule has 0 aliphatic heterocycles. The van der Waals surface area contributed by atoms with E-state index in [1.54, 1.807) is 31.3 Å². The van der Waals surface area contributed by atoms with Crippen molar-refractivity contribution < 1.29 is 24.7 Å². The van der Waals surface area contributed by atoms with E-state index in [2.05, 4.69) is 0 Å². The Morgan fingerprint density at radius 1 is 1.22 bits per heavy atom. The fraction of sp³-hybridized carbons (Fsp3) is 0.188. The van der Waals surface area contributed by atoms with Crippen LogP contribution in [0, 0.1) is 0 Å². The van der Waals surface area contributed by atoms with Crippen LogP contribution < -0.4 is 10.2 Å². The van der Waals surface area contributed by atoms with Gasteiger partial charge in [0.05, 0.1) is 7.11 Å². The number of methoxy groups -OCH3 is 1. The number of carbonyl (C=O) groups is 1. The molecule has 0 fully saturated rings. The lowest BCUT2D eigenvalue weighted by Crippen LogP contribution is -2.32. The molecule has 3 N–H and O–H groups in total. The van der Waals surface area contributed by atoms with Gasteiger partial charge in [-0.1, -0.05) is 18.2 Å². The van der Waals surface area contributed by atoms with Crippen molar-refractivity contribution in [2.45, 2.75) is 6.54 Å². The van der Waals surface area contributed by atoms with E-state index in [4.69, 9.17) is 4.74 Å². The molecule has 0 bridgehead atoms. The van der Waals surface area contributed by atoms with Crippen LogP contribution >= 0.6 is 0 Å². The molecular formula is C16H18BNO5. The molecule has 0 heterocycles. The van der Waals surface area contributed by atoms with Gasteiger partial charge in [0.1, 0.15) is 0 Å². The van der Waals surface area contributed by atoms with Crippen molar-refractivity contribution in [2.24, 2.45) is 0 Å². The Balaban J connectivity index is 2.15. The zero-order valence-electron chi connectivity index (χ0n) is 12.9. The van der Waals surface area contributed by atoms with Crippen molar-refractivity contribution in [2.75, 3.05) is 14.2 Å². The van der Waals surface area contributed by atoms with E-state index in [0.29, 0.717) is 17.9 Å². The summed E-state index contributed by atoms with van der Waals surface area (Å²) >= 11 is 0. The first kappa shape index (κ1) is 16.9. The summed E-state index contributed by atoms with van der Waals surface area (Å²) in [5.74, 6) is 0.128. The van der Waals surface area contributed by atoms with Gasteiger partial charge in [-0.15, -0.1) is 0 Å². The molecule has 0 saturated heterocycles. The van der Waals surface area contributed by atoms with Gasteiger partial charge >= 0.3 is 7.12 Å². The van der Waals surface area contributed by atoms with Crippen LogP contribution in [0.4, 0.5) is 0 Å². The summed E-state index contributed by atoms with van der Waals surface area (Å²) in [4.78, 5) is 13.9. The first-order valence-electron chi connectivity index (χ1n) is 7.00. The molecule has 1 amide bonds. The maximum atomic E-state index is 12.4. The number of hydrogen-bond donors (Lipinski definition) is 3. The molecule has 7 heteroatoms. The molecular weight excluding hydrogens is 297 g/mol. The van der Waals surface area contributed by atoms with Crippen LogP contribution in [0.3, 0.4) is 0 Å². The van der Waals surface area contributed by atoms with Crippen LogP contribution in [0.1, 0.15) is 15.9 Å². The third-order valence-electron chi connectivity index (χ3n) is 3.44. The second kappa shape index (κ2) is 7.17. The Hall–Kier alpha value is -2.51. The molecule has 2 rings (SSSR count). The van der Waals surface area contributed by atoms with Crippen LogP contribution in [0.2, 0.25) is 0 Å². The summed E-state index contributed by atoms with van der Waals surface area (Å²) in [6, 6.07) is 11.1. The highest BCUT2D eigenvalue weighted by molar-refractivity contribution is 6.58. The maximum Gasteiger partial charge on any atom is 0.488 e. The van der Waals surface area contributed by atoms with Crippen molar-refractivity contribution in [3.8, 4) is 11.5 Å². The Morgan fingerprint density at radius 2 is 1.96 bits per heavy atom. The third kappa shape index (κ3) is 4.03. The summed E-state index contributed by atoms with van der Waals surface area (Å²) in [7, 11) is 1.48. The molecule has 0 aliphatic carbocycles. The first-order valence-corrected chi connectivity index (χ1v) is 7.00. The average molecular weight is 315 g/mol. The normalized spacial score (nSPS) is 10.3. The van der Waals surface area contributed by atoms with E-state index in [-0.39, 0.29) is 17.1 Å². The minimum atomic E-state index is -1.62. The number of aromatic hydroxyl groups is 1. The van der Waals surface area contributed by atoms with Crippen LogP contribution in [-0.2, 0) is 6.54 Å². The predicted molar refractivity (Wildman–Crippen MR) is 86.7 cm³/mol. The van der Waals surface area contributed by atoms with Crippen LogP contribution in [0.15, 0.2) is 42.5 Å². The lowest BCUT2D eigenvalue weighted by atomic mass is 9.79. The number of hydrogen-bond acceptors (Lipinski definition) is 5. The highest BCUT2D eigenvalue weighted by Gasteiger charge is 2.16. The molecule has 0 atom stereocenters. The second-order valence-corrected chi connectivity index (χ2v) is 5.17. The largest absolute Gasteiger partial charge is 0.504 e. The van der Waals surface area contributed by atoms with E-state index < -0.39 is 7.12 Å². The number of carbonyl (C=O) groups excluding carboxylic acids is 1. The standard InChI is InChI=1S/C16H18BNO5/c1-18(10-11-6-7-14(19)15(8-11)23-2)16(20)12-4-3-5-13(9-12)17(21)22/h3-9,19,21-22H,10H2,1-2H3. The van der Waals surface area contributed by atoms with E-state index in [0.717, 1.165) is 5.56 Å². The quantitative estimate of drug-likeness (QED) is 0.693. The number of nitrogens with zero attached hydrogens (tertiary/aromatic N) is 1. The molecule has 0 unspecified atom stereocenters. The molecule has 23 heavy (non-hydrogen) atoms. The van der Waals surface area contributed by atoms with E-state index in [9.17, 15) is 19.9 Å². The lowest BCUT2D eigenvalue weighted by molar-refractivity contribution is 0.0785. The zero-order valence-corrected chi connectivity index (χ0v) is 12.9. The number of rotatable bonds is 5. The highest BCUT2D eigenvalue weighted by atomic mass is 16.5. The highest BCUT2D eigenvalue weighted by Crippen LogP contribution is 2.26. The van der Waals surface area contributed by atoms with Crippen molar-refractivity contribution in [1.82, 2.24) is 4.90 Å². The topological polar surface area (TPSA) is 90.2 Å². The molecule has 120 valence electrons. The minimum absolute atomic E-state index is 0.0369. The Bertz CT molecular complexity index is 705. The monoisotopic (exact) mass is 315 g/mol. The van der Waals surface area contributed by atoms with Crippen molar-refractivity contribution in [3.63, 3.8) is 0 Å². The van der Waals surface area contributed by atoms with Gasteiger partial charge in [-0.3, -0.25) is 4.79 Å². The van der Waals surface area contributed by atoms with Crippen LogP contribution in [0.25, 0.3) is 0 Å². The lowest BCUT2D eigenvalue weighted by Gasteiger charge is -2.18. The summed E-state index contributed by atoms with van der Waals surface area (Å²) in [6.45, 7) is 0.321. The fourth-order valence-electron chi connectivity index (χ4n) is 2.22. The van der Waals surface area contributed by atoms with E-state index in [1.165, 1.54) is 30.2 Å². The minimum Gasteiger partial charge on any atom is -0.504 e. The van der Waals surface area contributed by atoms with Gasteiger partial charge in [0.25, 0.3) is 5.91 Å². The number of amides is 1. The van der Waals surface area contributed by atoms with Gasteiger partial charge in [-0.2, -0.15) is 0 Å². The molecule has 6 nitrogen and oxygen atoms in total. The summed E-state index contributed by atoms with van der Waals surface area (Å²) < 4.78 is 5.05. The van der Waals surface area contributed by atoms with Gasteiger partial charge in [-0.05, 0) is 35.3 Å². The third-order valence-corrected chi connectivity index (χ3v) is 3.44. The Labute approximate surface area is 134 Å². The molecule has 0 saturated carbocycles. The summed E-state index contributed by atoms with van der Waals surface area (Å²) in [5.41, 5.74) is 1.42. The maximum absolute atomic E-state index is 12.4. The van der Waals surface area contributed by atoms with Gasteiger partial charge in [0.2, 0.25) is 0 Å². The predicted octanol–water partition coefficient (Wildman–Crippen LogP) is 0.353. The van der Waals surface area contributed by atoms with Gasteiger partial charge in [-0.25, -0.2) is 0 Å². The molecule has 0 radical (unpaired) electrons. The zero-order chi connectivity index (χ0) is 17.0. The van der Waals surface area contributed by atoms with Gasteiger partial charge in [0.15, 0.2) is 11.5 Å². The second-order valence-electron chi connectivity index (χ2n) is 5.17. The molecule has 2 aromatic rings. The Kier molecular flexibility index (Phi) is 5.26. The number of benzene rings is 2. The number of ether oxygens (including phenoxy) is 1. The SMILES string of the molecule is COc1cc(CN(C)C(=O)c2cccc(B(O)O)c2)ccc1O. The van der Waals surface area contributed by atoms with Crippen LogP contribution in [0.5, 0.6) is 11.5 Å². The van der Waals surface area contributed by atoms with E-state index >= 15 is 0 Å². The summed E-state index contributed by atoms with van der Waals surface area (Å²) in [5, 5.41) is 27.9. The van der Waals surface area contributed by atoms with Crippen molar-refractivity contribution in [1.29, 1.82) is 0 Å².